The van der Waals surface area contributed by atoms with Crippen molar-refractivity contribution in [3.05, 3.63) is 83.3 Å². The lowest BCUT2D eigenvalue weighted by Crippen LogP contribution is -2.74. The van der Waals surface area contributed by atoms with Gasteiger partial charge in [-0.1, -0.05) is 27.7 Å². The van der Waals surface area contributed by atoms with Gasteiger partial charge in [0.2, 0.25) is 17.8 Å². The van der Waals surface area contributed by atoms with Crippen molar-refractivity contribution in [3.8, 4) is 11.8 Å². The van der Waals surface area contributed by atoms with Crippen LogP contribution in [-0.2, 0) is 16.1 Å². The number of benzene rings is 2. The summed E-state index contributed by atoms with van der Waals surface area (Å²) in [6.07, 6.45) is 7.40. The molecular formula is C46H52N10O5. The van der Waals surface area contributed by atoms with Gasteiger partial charge in [-0.05, 0) is 73.2 Å². The van der Waals surface area contributed by atoms with Gasteiger partial charge in [-0.2, -0.15) is 5.26 Å². The molecule has 4 amide bonds. The average molecular weight is 825 g/mol. The SMILES string of the molecule is CC1(C)C(NC(=O)c2cnc(N3CCC(CN4CCN(c5ccc6c(c5)CN(C5CCC(=O)NC5=O)C6=O)CC4)CC3)nc2)C(C)(C)C1Oc1ccc(C#N)c2ncccc12. The molecule has 1 aliphatic carbocycles. The topological polar surface area (TPSA) is 177 Å². The van der Waals surface area contributed by atoms with Crippen LogP contribution >= 0.6 is 0 Å². The van der Waals surface area contributed by atoms with Gasteiger partial charge < -0.3 is 24.8 Å². The predicted octanol–water partition coefficient (Wildman–Crippen LogP) is 4.31. The van der Waals surface area contributed by atoms with E-state index in [0.717, 1.165) is 75.3 Å². The number of imide groups is 1. The standard InChI is InChI=1S/C46H52N10O5/c1-45(2)42(46(3,4)43(45)61-36-11-7-29(23-47)38-34(36)6-5-15-48-38)52-39(58)31-24-49-44(50-25-31)55-16-13-28(14-17-55)26-53-18-20-54(21-19-53)32-8-9-33-30(22-32)27-56(41(33)60)35-10-12-37(57)51-40(35)59/h5-9,11,15,22,24-25,28,35,42-43H,10,12-14,16-21,26-27H2,1-4H3,(H,52,58)(H,51,57,59). The van der Waals surface area contributed by atoms with Gasteiger partial charge in [0.05, 0.1) is 16.6 Å². The summed E-state index contributed by atoms with van der Waals surface area (Å²) in [5, 5.41) is 16.0. The van der Waals surface area contributed by atoms with Crippen LogP contribution in [0.3, 0.4) is 0 Å². The predicted molar refractivity (Wildman–Crippen MR) is 228 cm³/mol. The van der Waals surface area contributed by atoms with Crippen LogP contribution in [0.5, 0.6) is 5.75 Å². The fourth-order valence-corrected chi connectivity index (χ4v) is 10.7. The number of nitriles is 1. The lowest BCUT2D eigenvalue weighted by Gasteiger charge is -2.63. The third-order valence-electron chi connectivity index (χ3n) is 13.8. The van der Waals surface area contributed by atoms with Crippen molar-refractivity contribution in [2.75, 3.05) is 55.6 Å². The van der Waals surface area contributed by atoms with E-state index in [1.54, 1.807) is 29.6 Å². The zero-order chi connectivity index (χ0) is 42.6. The normalized spacial score (nSPS) is 23.9. The molecule has 15 heteroatoms. The van der Waals surface area contributed by atoms with E-state index in [1.165, 1.54) is 0 Å². The summed E-state index contributed by atoms with van der Waals surface area (Å²) in [7, 11) is 0. The Bertz CT molecular complexity index is 2420. The first kappa shape index (κ1) is 40.3. The summed E-state index contributed by atoms with van der Waals surface area (Å²) in [6, 6.07) is 14.7. The molecule has 61 heavy (non-hydrogen) atoms. The Morgan fingerprint density at radius 1 is 0.918 bits per heavy atom. The minimum atomic E-state index is -0.610. The van der Waals surface area contributed by atoms with Crippen molar-refractivity contribution in [2.24, 2.45) is 16.7 Å². The maximum Gasteiger partial charge on any atom is 0.255 e. The highest BCUT2D eigenvalue weighted by Crippen LogP contribution is 2.56. The van der Waals surface area contributed by atoms with Gasteiger partial charge in [-0.15, -0.1) is 0 Å². The van der Waals surface area contributed by atoms with E-state index in [0.29, 0.717) is 52.8 Å². The number of hydrogen-bond acceptors (Lipinski definition) is 12. The van der Waals surface area contributed by atoms with Gasteiger partial charge in [-0.3, -0.25) is 34.4 Å². The number of fused-ring (bicyclic) bond motifs is 2. The molecule has 4 aromatic rings. The summed E-state index contributed by atoms with van der Waals surface area (Å²) in [4.78, 5) is 73.2. The molecule has 1 saturated carbocycles. The van der Waals surface area contributed by atoms with Crippen molar-refractivity contribution in [2.45, 2.75) is 78.1 Å². The maximum absolute atomic E-state index is 13.6. The second kappa shape index (κ2) is 15.7. The number of rotatable bonds is 9. The number of anilines is 2. The van der Waals surface area contributed by atoms with Gasteiger partial charge >= 0.3 is 0 Å². The lowest BCUT2D eigenvalue weighted by atomic mass is 9.49. The Morgan fingerprint density at radius 2 is 1.66 bits per heavy atom. The van der Waals surface area contributed by atoms with E-state index >= 15 is 0 Å². The second-order valence-corrected chi connectivity index (χ2v) is 18.4. The number of nitrogens with zero attached hydrogens (tertiary/aromatic N) is 8. The first-order valence-electron chi connectivity index (χ1n) is 21.4. The molecule has 15 nitrogen and oxygen atoms in total. The Kier molecular flexibility index (Phi) is 10.4. The van der Waals surface area contributed by atoms with E-state index in [2.05, 4.69) is 80.1 Å². The molecule has 2 aromatic carbocycles. The molecule has 6 heterocycles. The van der Waals surface area contributed by atoms with E-state index < -0.39 is 22.8 Å². The molecular weight excluding hydrogens is 773 g/mol. The van der Waals surface area contributed by atoms with Crippen LogP contribution in [0.1, 0.15) is 85.2 Å². The number of aromatic nitrogens is 3. The molecule has 0 bridgehead atoms. The minimum Gasteiger partial charge on any atom is -0.488 e. The van der Waals surface area contributed by atoms with E-state index in [-0.39, 0.29) is 36.3 Å². The highest BCUT2D eigenvalue weighted by atomic mass is 16.5. The minimum absolute atomic E-state index is 0.146. The van der Waals surface area contributed by atoms with Crippen molar-refractivity contribution < 1.29 is 23.9 Å². The molecule has 3 saturated heterocycles. The van der Waals surface area contributed by atoms with E-state index in [9.17, 15) is 24.4 Å². The smallest absolute Gasteiger partial charge is 0.255 e. The van der Waals surface area contributed by atoms with Crippen LogP contribution in [-0.4, -0.2) is 112 Å². The van der Waals surface area contributed by atoms with E-state index in [4.69, 9.17) is 4.74 Å². The van der Waals surface area contributed by atoms with Crippen LogP contribution in [0, 0.1) is 28.1 Å². The van der Waals surface area contributed by atoms with Crippen molar-refractivity contribution in [3.63, 3.8) is 0 Å². The third kappa shape index (κ3) is 7.41. The highest BCUT2D eigenvalue weighted by Gasteiger charge is 2.64. The van der Waals surface area contributed by atoms with Crippen LogP contribution < -0.4 is 25.2 Å². The number of piperidine rings is 2. The Balaban J connectivity index is 0.733. The molecule has 0 radical (unpaired) electrons. The van der Waals surface area contributed by atoms with Crippen LogP contribution in [0.25, 0.3) is 10.9 Å². The number of ether oxygens (including phenoxy) is 1. The summed E-state index contributed by atoms with van der Waals surface area (Å²) < 4.78 is 6.64. The Morgan fingerprint density at radius 3 is 2.36 bits per heavy atom. The molecule has 1 atom stereocenters. The van der Waals surface area contributed by atoms with Gasteiger partial charge in [0.15, 0.2) is 0 Å². The Labute approximate surface area is 355 Å². The highest BCUT2D eigenvalue weighted by molar-refractivity contribution is 6.05. The number of carbonyl (C=O) groups excluding carboxylic acids is 4. The molecule has 4 aliphatic heterocycles. The van der Waals surface area contributed by atoms with Gasteiger partial charge in [0.1, 0.15) is 24.0 Å². The summed E-state index contributed by atoms with van der Waals surface area (Å²) >= 11 is 0. The number of piperazine rings is 1. The average Bonchev–Trinajstić information content (AvgIpc) is 3.59. The number of hydrogen-bond donors (Lipinski definition) is 2. The van der Waals surface area contributed by atoms with Crippen molar-refractivity contribution >= 4 is 46.2 Å². The molecule has 1 unspecified atom stereocenters. The molecule has 2 aromatic heterocycles. The summed E-state index contributed by atoms with van der Waals surface area (Å²) in [5.41, 5.74) is 3.40. The summed E-state index contributed by atoms with van der Waals surface area (Å²) in [6.45, 7) is 15.3. The number of nitrogens with one attached hydrogen (secondary N) is 2. The third-order valence-corrected chi connectivity index (χ3v) is 13.8. The molecule has 4 fully saturated rings. The van der Waals surface area contributed by atoms with Crippen LogP contribution in [0.4, 0.5) is 11.6 Å². The van der Waals surface area contributed by atoms with Crippen molar-refractivity contribution in [1.29, 1.82) is 5.26 Å². The fraction of sp³-hybridized carbons (Fsp3) is 0.478. The van der Waals surface area contributed by atoms with E-state index in [1.807, 2.05) is 30.3 Å². The first-order chi connectivity index (χ1) is 29.3. The van der Waals surface area contributed by atoms with Crippen molar-refractivity contribution in [1.82, 2.24) is 35.4 Å². The zero-order valence-electron chi connectivity index (χ0n) is 35.2. The fourth-order valence-electron chi connectivity index (χ4n) is 10.7. The largest absolute Gasteiger partial charge is 0.488 e. The quantitative estimate of drug-likeness (QED) is 0.229. The van der Waals surface area contributed by atoms with Gasteiger partial charge in [0.25, 0.3) is 11.8 Å². The molecule has 9 rings (SSSR count). The monoisotopic (exact) mass is 824 g/mol. The molecule has 5 aliphatic rings. The molecule has 316 valence electrons. The number of carbonyl (C=O) groups is 4. The maximum atomic E-state index is 13.6. The van der Waals surface area contributed by atoms with Gasteiger partial charge in [0, 0.05) is 111 Å². The van der Waals surface area contributed by atoms with Gasteiger partial charge in [-0.25, -0.2) is 9.97 Å². The van der Waals surface area contributed by atoms with Crippen LogP contribution in [0.2, 0.25) is 0 Å². The molecule has 2 N–H and O–H groups in total. The molecule has 0 spiro atoms. The number of pyridine rings is 1. The first-order valence-corrected chi connectivity index (χ1v) is 21.4. The number of amides is 4. The lowest BCUT2D eigenvalue weighted by molar-refractivity contribution is -0.163. The second-order valence-electron chi connectivity index (χ2n) is 18.4. The van der Waals surface area contributed by atoms with Crippen LogP contribution in [0.15, 0.2) is 61.1 Å². The Hall–Kier alpha value is -6.14. The summed E-state index contributed by atoms with van der Waals surface area (Å²) in [5.74, 6) is 0.846. The zero-order valence-corrected chi connectivity index (χ0v) is 35.2.